The van der Waals surface area contributed by atoms with Gasteiger partial charge in [-0.2, -0.15) is 0 Å². The summed E-state index contributed by atoms with van der Waals surface area (Å²) in [6, 6.07) is 8.18. The normalized spacial score (nSPS) is 24.5. The number of aliphatic hydroxyl groups is 1. The van der Waals surface area contributed by atoms with Crippen molar-refractivity contribution < 1.29 is 28.6 Å². The second kappa shape index (κ2) is 9.27. The van der Waals surface area contributed by atoms with Crippen LogP contribution in [0.1, 0.15) is 42.0 Å². The lowest BCUT2D eigenvalue weighted by Gasteiger charge is -2.28. The highest BCUT2D eigenvalue weighted by Gasteiger charge is 2.47. The summed E-state index contributed by atoms with van der Waals surface area (Å²) in [7, 11) is 0. The molecular weight excluding hydrogens is 436 g/mol. The number of furan rings is 1. The van der Waals surface area contributed by atoms with Crippen molar-refractivity contribution >= 4 is 17.4 Å². The number of carbonyl (C=O) groups excluding carboxylic acids is 2. The molecule has 8 nitrogen and oxygen atoms in total. The van der Waals surface area contributed by atoms with Gasteiger partial charge in [0.2, 0.25) is 0 Å². The number of carbonyl (C=O) groups is 2. The molecule has 0 saturated carbocycles. The Balaban J connectivity index is 1.46. The summed E-state index contributed by atoms with van der Waals surface area (Å²) in [6.45, 7) is 8.14. The Morgan fingerprint density at radius 1 is 1.12 bits per heavy atom. The molecule has 4 heterocycles. The zero-order valence-electron chi connectivity index (χ0n) is 19.6. The van der Waals surface area contributed by atoms with E-state index in [2.05, 4.69) is 4.90 Å². The molecule has 180 valence electrons. The zero-order valence-corrected chi connectivity index (χ0v) is 19.6. The van der Waals surface area contributed by atoms with Crippen LogP contribution in [0.15, 0.2) is 40.3 Å². The lowest BCUT2D eigenvalue weighted by Crippen LogP contribution is -2.38. The number of ether oxygens (including phenoxy) is 2. The van der Waals surface area contributed by atoms with E-state index in [0.717, 1.165) is 37.4 Å². The number of benzene rings is 1. The molecule has 34 heavy (non-hydrogen) atoms. The van der Waals surface area contributed by atoms with Crippen LogP contribution in [-0.2, 0) is 20.7 Å². The number of aryl methyl sites for hydroxylation is 1. The summed E-state index contributed by atoms with van der Waals surface area (Å²) in [5.41, 5.74) is 1.54. The number of morpholine rings is 1. The summed E-state index contributed by atoms with van der Waals surface area (Å²) in [4.78, 5) is 30.1. The molecule has 3 aliphatic rings. The largest absolute Gasteiger partial charge is 0.507 e. The first kappa shape index (κ1) is 22.7. The standard InChI is InChI=1S/C26H30N2O6/c1-16-4-6-21(33-16)23-22(24(29)18-5-7-20-19(15-18)14-17(2)34-20)25(30)26(31)28(23)9-3-8-27-10-12-32-13-11-27/h4-7,15,17,23,29H,3,8-14H2,1-2H3/b24-22+/t17-,23-/m0/s1. The van der Waals surface area contributed by atoms with E-state index >= 15 is 0 Å². The van der Waals surface area contributed by atoms with Crippen molar-refractivity contribution in [2.45, 2.75) is 38.8 Å². The molecule has 0 bridgehead atoms. The molecule has 2 fully saturated rings. The first-order valence-electron chi connectivity index (χ1n) is 11.9. The van der Waals surface area contributed by atoms with E-state index in [1.807, 2.05) is 19.9 Å². The Labute approximate surface area is 198 Å². The number of ketones is 1. The zero-order chi connectivity index (χ0) is 23.8. The quantitative estimate of drug-likeness (QED) is 0.397. The third kappa shape index (κ3) is 4.23. The Morgan fingerprint density at radius 2 is 1.91 bits per heavy atom. The minimum atomic E-state index is -0.762. The Morgan fingerprint density at radius 3 is 2.65 bits per heavy atom. The van der Waals surface area contributed by atoms with E-state index in [1.54, 1.807) is 24.3 Å². The maximum absolute atomic E-state index is 13.2. The minimum absolute atomic E-state index is 0.0653. The van der Waals surface area contributed by atoms with E-state index in [-0.39, 0.29) is 17.4 Å². The second-order valence-electron chi connectivity index (χ2n) is 9.20. The van der Waals surface area contributed by atoms with Crippen LogP contribution < -0.4 is 4.74 Å². The lowest BCUT2D eigenvalue weighted by atomic mass is 9.97. The maximum atomic E-state index is 13.2. The van der Waals surface area contributed by atoms with Gasteiger partial charge in [-0.15, -0.1) is 0 Å². The van der Waals surface area contributed by atoms with Crippen molar-refractivity contribution in [3.63, 3.8) is 0 Å². The molecule has 2 atom stereocenters. The predicted octanol–water partition coefficient (Wildman–Crippen LogP) is 3.06. The lowest BCUT2D eigenvalue weighted by molar-refractivity contribution is -0.140. The summed E-state index contributed by atoms with van der Waals surface area (Å²) in [5, 5.41) is 11.3. The van der Waals surface area contributed by atoms with E-state index < -0.39 is 17.7 Å². The number of amides is 1. The molecule has 8 heteroatoms. The molecule has 2 saturated heterocycles. The molecule has 0 radical (unpaired) electrons. The van der Waals surface area contributed by atoms with Gasteiger partial charge in [-0.25, -0.2) is 0 Å². The Bertz CT molecular complexity index is 1130. The molecule has 0 aliphatic carbocycles. The summed E-state index contributed by atoms with van der Waals surface area (Å²) >= 11 is 0. The average molecular weight is 467 g/mol. The number of Topliss-reactive ketones (excluding diaryl/α,β-unsaturated/α-hetero) is 1. The highest BCUT2D eigenvalue weighted by Crippen LogP contribution is 2.41. The first-order chi connectivity index (χ1) is 16.4. The maximum Gasteiger partial charge on any atom is 0.295 e. The van der Waals surface area contributed by atoms with Gasteiger partial charge < -0.3 is 23.9 Å². The van der Waals surface area contributed by atoms with Crippen molar-refractivity contribution in [3.05, 3.63) is 58.6 Å². The molecule has 1 aromatic carbocycles. The van der Waals surface area contributed by atoms with Gasteiger partial charge in [-0.05, 0) is 56.2 Å². The van der Waals surface area contributed by atoms with Crippen molar-refractivity contribution in [1.29, 1.82) is 0 Å². The monoisotopic (exact) mass is 466 g/mol. The van der Waals surface area contributed by atoms with E-state index in [4.69, 9.17) is 13.9 Å². The highest BCUT2D eigenvalue weighted by atomic mass is 16.5. The average Bonchev–Trinajstić information content (AvgIpc) is 3.49. The molecule has 2 aromatic rings. The molecule has 3 aliphatic heterocycles. The van der Waals surface area contributed by atoms with Crippen LogP contribution in [0.2, 0.25) is 0 Å². The Kier molecular flexibility index (Phi) is 6.18. The van der Waals surface area contributed by atoms with Crippen LogP contribution in [0, 0.1) is 6.92 Å². The molecule has 5 rings (SSSR count). The van der Waals surface area contributed by atoms with E-state index in [9.17, 15) is 14.7 Å². The Hall–Kier alpha value is -3.10. The fraction of sp³-hybridized carbons (Fsp3) is 0.462. The number of nitrogens with zero attached hydrogens (tertiary/aromatic N) is 2. The van der Waals surface area contributed by atoms with Gasteiger partial charge in [-0.1, -0.05) is 0 Å². The van der Waals surface area contributed by atoms with Crippen LogP contribution in [0.4, 0.5) is 0 Å². The molecule has 0 unspecified atom stereocenters. The van der Waals surface area contributed by atoms with Crippen LogP contribution in [0.3, 0.4) is 0 Å². The third-order valence-electron chi connectivity index (χ3n) is 6.72. The molecule has 0 spiro atoms. The van der Waals surface area contributed by atoms with Crippen molar-refractivity contribution in [1.82, 2.24) is 9.80 Å². The minimum Gasteiger partial charge on any atom is -0.507 e. The van der Waals surface area contributed by atoms with Gasteiger partial charge in [0.05, 0.1) is 18.8 Å². The number of fused-ring (bicyclic) bond motifs is 1. The van der Waals surface area contributed by atoms with Gasteiger partial charge >= 0.3 is 0 Å². The molecular formula is C26H30N2O6. The number of aliphatic hydroxyl groups excluding tert-OH is 1. The van der Waals surface area contributed by atoms with Crippen molar-refractivity contribution in [3.8, 4) is 5.75 Å². The van der Waals surface area contributed by atoms with Gasteiger partial charge in [0.15, 0.2) is 0 Å². The van der Waals surface area contributed by atoms with Gasteiger partial charge in [0.1, 0.15) is 35.2 Å². The van der Waals surface area contributed by atoms with Crippen LogP contribution >= 0.6 is 0 Å². The van der Waals surface area contributed by atoms with Crippen molar-refractivity contribution in [2.24, 2.45) is 0 Å². The summed E-state index contributed by atoms with van der Waals surface area (Å²) < 4.78 is 17.0. The first-order valence-corrected chi connectivity index (χ1v) is 11.9. The smallest absolute Gasteiger partial charge is 0.295 e. The number of hydrogen-bond acceptors (Lipinski definition) is 7. The number of likely N-dealkylation sites (tertiary alicyclic amines) is 1. The fourth-order valence-electron chi connectivity index (χ4n) is 5.02. The van der Waals surface area contributed by atoms with E-state index in [0.29, 0.717) is 43.3 Å². The fourth-order valence-corrected chi connectivity index (χ4v) is 5.02. The topological polar surface area (TPSA) is 92.5 Å². The molecule has 1 aromatic heterocycles. The summed E-state index contributed by atoms with van der Waals surface area (Å²) in [5.74, 6) is 0.454. The number of rotatable bonds is 6. The second-order valence-corrected chi connectivity index (χ2v) is 9.20. The van der Waals surface area contributed by atoms with Gasteiger partial charge in [0.25, 0.3) is 11.7 Å². The third-order valence-corrected chi connectivity index (χ3v) is 6.72. The summed E-state index contributed by atoms with van der Waals surface area (Å²) in [6.07, 6.45) is 1.50. The number of hydrogen-bond donors (Lipinski definition) is 1. The molecule has 1 amide bonds. The van der Waals surface area contributed by atoms with Crippen molar-refractivity contribution in [2.75, 3.05) is 39.4 Å². The van der Waals surface area contributed by atoms with E-state index in [1.165, 1.54) is 4.90 Å². The van der Waals surface area contributed by atoms with Gasteiger partial charge in [0, 0.05) is 38.2 Å². The SMILES string of the molecule is Cc1ccc([C@H]2/C(=C(\O)c3ccc4c(c3)C[C@H](C)O4)C(=O)C(=O)N2CCCN2CCOCC2)o1. The molecule has 1 N–H and O–H groups in total. The highest BCUT2D eigenvalue weighted by molar-refractivity contribution is 6.46. The van der Waals surface area contributed by atoms with Gasteiger partial charge in [-0.3, -0.25) is 14.5 Å². The van der Waals surface area contributed by atoms with Crippen LogP contribution in [0.25, 0.3) is 5.76 Å². The predicted molar refractivity (Wildman–Crippen MR) is 125 cm³/mol. The van der Waals surface area contributed by atoms with Crippen LogP contribution in [-0.4, -0.2) is 72.1 Å². The van der Waals surface area contributed by atoms with Crippen LogP contribution in [0.5, 0.6) is 5.75 Å².